The number of nitrogens with two attached hydrogens (primary N) is 1. The van der Waals surface area contributed by atoms with Crippen LogP contribution in [0.2, 0.25) is 0 Å². The fraction of sp³-hybridized carbons (Fsp3) is 0.471. The van der Waals surface area contributed by atoms with Crippen molar-refractivity contribution in [3.8, 4) is 0 Å². The number of hydrogen-bond donors (Lipinski definition) is 1. The summed E-state index contributed by atoms with van der Waals surface area (Å²) >= 11 is 0. The Morgan fingerprint density at radius 1 is 1.33 bits per heavy atom. The molecule has 0 bridgehead atoms. The van der Waals surface area contributed by atoms with Crippen LogP contribution in [-0.4, -0.2) is 22.8 Å². The summed E-state index contributed by atoms with van der Waals surface area (Å²) in [7, 11) is 1.80. The highest BCUT2D eigenvalue weighted by Crippen LogP contribution is 2.34. The summed E-state index contributed by atoms with van der Waals surface area (Å²) in [6.07, 6.45) is 8.38. The molecule has 0 saturated heterocycles. The van der Waals surface area contributed by atoms with Gasteiger partial charge in [-0.15, -0.1) is 0 Å². The van der Waals surface area contributed by atoms with Crippen LogP contribution >= 0.6 is 0 Å². The van der Waals surface area contributed by atoms with Crippen LogP contribution in [0.4, 0.5) is 0 Å². The molecule has 4 heteroatoms. The Balaban J connectivity index is 1.78. The van der Waals surface area contributed by atoms with Crippen LogP contribution in [0.3, 0.4) is 0 Å². The number of aromatic nitrogens is 2. The lowest BCUT2D eigenvalue weighted by molar-refractivity contribution is 0.0737. The summed E-state index contributed by atoms with van der Waals surface area (Å²) in [6.45, 7) is 0. The summed E-state index contributed by atoms with van der Waals surface area (Å²) < 4.78 is 7.84. The maximum absolute atomic E-state index is 6.43. The molecule has 3 rings (SSSR count). The molecule has 1 aromatic carbocycles. The third-order valence-corrected chi connectivity index (χ3v) is 4.45. The number of nitrogens with zero attached hydrogens (tertiary/aromatic N) is 2. The van der Waals surface area contributed by atoms with Gasteiger partial charge in [0.2, 0.25) is 0 Å². The molecule has 2 aromatic rings. The van der Waals surface area contributed by atoms with E-state index >= 15 is 0 Å². The predicted molar refractivity (Wildman–Crippen MR) is 83.0 cm³/mol. The minimum absolute atomic E-state index is 0.0343. The Bertz CT molecular complexity index is 566. The SMILES string of the molecule is COC1CCCC1n1cncc1[C@H](N)Cc1ccccc1. The van der Waals surface area contributed by atoms with Gasteiger partial charge in [-0.1, -0.05) is 30.3 Å². The summed E-state index contributed by atoms with van der Waals surface area (Å²) in [4.78, 5) is 4.33. The number of ether oxygens (including phenoxy) is 1. The maximum atomic E-state index is 6.43. The number of methoxy groups -OCH3 is 1. The zero-order valence-electron chi connectivity index (χ0n) is 12.5. The molecule has 0 amide bonds. The van der Waals surface area contributed by atoms with Crippen LogP contribution in [0.5, 0.6) is 0 Å². The molecule has 1 aliphatic carbocycles. The van der Waals surface area contributed by atoms with E-state index in [-0.39, 0.29) is 12.1 Å². The molecule has 0 radical (unpaired) electrons. The first-order valence-electron chi connectivity index (χ1n) is 7.63. The smallest absolute Gasteiger partial charge is 0.0952 e. The first kappa shape index (κ1) is 14.3. The van der Waals surface area contributed by atoms with E-state index in [1.807, 2.05) is 18.6 Å². The highest BCUT2D eigenvalue weighted by Gasteiger charge is 2.30. The molecule has 1 aliphatic rings. The van der Waals surface area contributed by atoms with Crippen molar-refractivity contribution in [2.75, 3.05) is 7.11 Å². The van der Waals surface area contributed by atoms with Gasteiger partial charge >= 0.3 is 0 Å². The highest BCUT2D eigenvalue weighted by atomic mass is 16.5. The second kappa shape index (κ2) is 6.41. The molecular formula is C17H23N3O. The zero-order valence-corrected chi connectivity index (χ0v) is 12.5. The Morgan fingerprint density at radius 3 is 2.90 bits per heavy atom. The van der Waals surface area contributed by atoms with E-state index < -0.39 is 0 Å². The zero-order chi connectivity index (χ0) is 14.7. The molecule has 1 heterocycles. The summed E-state index contributed by atoms with van der Waals surface area (Å²) in [5.74, 6) is 0. The Hall–Kier alpha value is -1.65. The monoisotopic (exact) mass is 285 g/mol. The van der Waals surface area contributed by atoms with Crippen LogP contribution in [0, 0.1) is 0 Å². The van der Waals surface area contributed by atoms with Crippen LogP contribution in [0.1, 0.15) is 42.6 Å². The fourth-order valence-electron chi connectivity index (χ4n) is 3.35. The Kier molecular flexibility index (Phi) is 4.36. The molecule has 1 saturated carbocycles. The first-order valence-corrected chi connectivity index (χ1v) is 7.63. The topological polar surface area (TPSA) is 53.1 Å². The molecule has 3 atom stereocenters. The normalized spacial score (nSPS) is 23.3. The van der Waals surface area contributed by atoms with Gasteiger partial charge in [0, 0.05) is 13.3 Å². The van der Waals surface area contributed by atoms with Crippen LogP contribution in [0.15, 0.2) is 42.9 Å². The van der Waals surface area contributed by atoms with Crippen molar-refractivity contribution in [3.05, 3.63) is 54.1 Å². The van der Waals surface area contributed by atoms with Crippen LogP contribution in [0.25, 0.3) is 0 Å². The fourth-order valence-corrected chi connectivity index (χ4v) is 3.35. The number of imidazole rings is 1. The van der Waals surface area contributed by atoms with Crippen molar-refractivity contribution >= 4 is 0 Å². The molecular weight excluding hydrogens is 262 g/mol. The van der Waals surface area contributed by atoms with E-state index in [9.17, 15) is 0 Å². The average Bonchev–Trinajstić information content (AvgIpc) is 3.16. The van der Waals surface area contributed by atoms with Crippen LogP contribution < -0.4 is 5.73 Å². The van der Waals surface area contributed by atoms with E-state index in [4.69, 9.17) is 10.5 Å². The third-order valence-electron chi connectivity index (χ3n) is 4.45. The van der Waals surface area contributed by atoms with Crippen LogP contribution in [-0.2, 0) is 11.2 Å². The minimum atomic E-state index is -0.0343. The van der Waals surface area contributed by atoms with E-state index in [0.717, 1.165) is 25.0 Å². The molecule has 0 aliphatic heterocycles. The van der Waals surface area contributed by atoms with Gasteiger partial charge in [0.15, 0.2) is 0 Å². The van der Waals surface area contributed by atoms with E-state index in [1.54, 1.807) is 7.11 Å². The second-order valence-corrected chi connectivity index (χ2v) is 5.79. The minimum Gasteiger partial charge on any atom is -0.379 e. The molecule has 21 heavy (non-hydrogen) atoms. The third kappa shape index (κ3) is 3.01. The van der Waals surface area contributed by atoms with Crippen molar-refractivity contribution in [2.45, 2.75) is 43.9 Å². The van der Waals surface area contributed by atoms with E-state index in [0.29, 0.717) is 6.04 Å². The van der Waals surface area contributed by atoms with Crippen molar-refractivity contribution < 1.29 is 4.74 Å². The van der Waals surface area contributed by atoms with Gasteiger partial charge in [-0.2, -0.15) is 0 Å². The Labute approximate surface area is 125 Å². The largest absolute Gasteiger partial charge is 0.379 e. The van der Waals surface area contributed by atoms with Crippen molar-refractivity contribution in [1.82, 2.24) is 9.55 Å². The van der Waals surface area contributed by atoms with Gasteiger partial charge in [-0.05, 0) is 31.2 Å². The van der Waals surface area contributed by atoms with Gasteiger partial charge in [0.1, 0.15) is 0 Å². The lowest BCUT2D eigenvalue weighted by atomic mass is 10.0. The summed E-state index contributed by atoms with van der Waals surface area (Å²) in [5, 5.41) is 0. The molecule has 2 unspecified atom stereocenters. The van der Waals surface area contributed by atoms with Crippen molar-refractivity contribution in [2.24, 2.45) is 5.73 Å². The second-order valence-electron chi connectivity index (χ2n) is 5.79. The average molecular weight is 285 g/mol. The van der Waals surface area contributed by atoms with Gasteiger partial charge in [-0.3, -0.25) is 0 Å². The number of benzene rings is 1. The van der Waals surface area contributed by atoms with Gasteiger partial charge in [0.25, 0.3) is 0 Å². The van der Waals surface area contributed by atoms with Crippen molar-refractivity contribution in [3.63, 3.8) is 0 Å². The predicted octanol–water partition coefficient (Wildman–Crippen LogP) is 2.87. The van der Waals surface area contributed by atoms with Gasteiger partial charge < -0.3 is 15.0 Å². The highest BCUT2D eigenvalue weighted by molar-refractivity contribution is 5.19. The first-order chi connectivity index (χ1) is 10.3. The Morgan fingerprint density at radius 2 is 2.14 bits per heavy atom. The number of hydrogen-bond acceptors (Lipinski definition) is 3. The summed E-state index contributed by atoms with van der Waals surface area (Å²) in [5.41, 5.74) is 8.79. The standard InChI is InChI=1S/C17H23N3O/c1-21-17-9-5-8-15(17)20-12-19-11-16(20)14(18)10-13-6-3-2-4-7-13/h2-4,6-7,11-12,14-15,17H,5,8-10,18H2,1H3/t14-,15?,17?/m1/s1. The maximum Gasteiger partial charge on any atom is 0.0952 e. The number of rotatable bonds is 5. The lowest BCUT2D eigenvalue weighted by Crippen LogP contribution is -2.25. The summed E-state index contributed by atoms with van der Waals surface area (Å²) in [6, 6.07) is 10.7. The molecule has 1 fully saturated rings. The molecule has 4 nitrogen and oxygen atoms in total. The molecule has 2 N–H and O–H groups in total. The lowest BCUT2D eigenvalue weighted by Gasteiger charge is -2.24. The quantitative estimate of drug-likeness (QED) is 0.919. The van der Waals surface area contributed by atoms with Gasteiger partial charge in [0.05, 0.1) is 30.2 Å². The molecule has 1 aromatic heterocycles. The van der Waals surface area contributed by atoms with E-state index in [1.165, 1.54) is 12.0 Å². The van der Waals surface area contributed by atoms with E-state index in [2.05, 4.69) is 33.8 Å². The van der Waals surface area contributed by atoms with Gasteiger partial charge in [-0.25, -0.2) is 4.98 Å². The molecule has 112 valence electrons. The molecule has 0 spiro atoms. The van der Waals surface area contributed by atoms with Crippen molar-refractivity contribution in [1.29, 1.82) is 0 Å².